The van der Waals surface area contributed by atoms with Crippen LogP contribution >= 0.6 is 0 Å². The second kappa shape index (κ2) is 7.87. The van der Waals surface area contributed by atoms with Crippen molar-refractivity contribution in [2.75, 3.05) is 31.1 Å². The Morgan fingerprint density at radius 2 is 1.83 bits per heavy atom. The molecule has 2 aliphatic rings. The Labute approximate surface area is 174 Å². The lowest BCUT2D eigenvalue weighted by Gasteiger charge is -2.39. The van der Waals surface area contributed by atoms with Gasteiger partial charge in [0.1, 0.15) is 5.82 Å². The summed E-state index contributed by atoms with van der Waals surface area (Å²) < 4.78 is 39.9. The Morgan fingerprint density at radius 3 is 2.53 bits per heavy atom. The number of fused-ring (bicyclic) bond motifs is 1. The molecular formula is C23H24F3N3O. The molecule has 0 spiro atoms. The van der Waals surface area contributed by atoms with E-state index < -0.39 is 11.7 Å². The van der Waals surface area contributed by atoms with E-state index in [1.54, 1.807) is 4.90 Å². The lowest BCUT2D eigenvalue weighted by molar-refractivity contribution is -0.137. The molecule has 0 amide bonds. The summed E-state index contributed by atoms with van der Waals surface area (Å²) in [7, 11) is 0. The number of rotatable bonds is 3. The number of nitrogens with zero attached hydrogens (tertiary/aromatic N) is 3. The lowest BCUT2D eigenvalue weighted by atomic mass is 9.89. The maximum atomic E-state index is 13.3. The average Bonchev–Trinajstić information content (AvgIpc) is 2.73. The number of carbonyl (C=O) groups is 1. The molecule has 4 nitrogen and oxygen atoms in total. The first kappa shape index (κ1) is 20.6. The summed E-state index contributed by atoms with van der Waals surface area (Å²) in [5.41, 5.74) is 3.35. The smallest absolute Gasteiger partial charge is 0.354 e. The Kier molecular flexibility index (Phi) is 5.40. The molecule has 1 aromatic carbocycles. The number of Topliss-reactive ketones (excluding diaryl/α,β-unsaturated/α-hetero) is 1. The number of carbonyl (C=O) groups excluding carboxylic acids is 1. The van der Waals surface area contributed by atoms with Crippen molar-refractivity contribution in [3.05, 3.63) is 64.4 Å². The van der Waals surface area contributed by atoms with E-state index in [2.05, 4.69) is 35.0 Å². The van der Waals surface area contributed by atoms with Crippen molar-refractivity contribution < 1.29 is 18.0 Å². The number of hydrogen-bond acceptors (Lipinski definition) is 4. The summed E-state index contributed by atoms with van der Waals surface area (Å²) in [6.45, 7) is 6.19. The molecule has 2 aromatic rings. The molecular weight excluding hydrogens is 391 g/mol. The third-order valence-electron chi connectivity index (χ3n) is 6.07. The fourth-order valence-electron chi connectivity index (χ4n) is 4.21. The standard InChI is InChI=1S/C23H24F3N3O/c1-15-12-18-6-5-17(13-19(18)14-21(15)30)16(2)28-8-10-29(11-9-28)22-20(23(24,25)26)4-3-7-27-22/h3-7,12-13,16H,8-11,14H2,1-2H3. The van der Waals surface area contributed by atoms with Gasteiger partial charge in [-0.05, 0) is 54.3 Å². The Balaban J connectivity index is 1.47. The van der Waals surface area contributed by atoms with Crippen LogP contribution in [0.2, 0.25) is 0 Å². The molecule has 30 heavy (non-hydrogen) atoms. The fourth-order valence-corrected chi connectivity index (χ4v) is 4.21. The molecule has 0 radical (unpaired) electrons. The van der Waals surface area contributed by atoms with E-state index in [9.17, 15) is 18.0 Å². The molecule has 1 aromatic heterocycles. The minimum Gasteiger partial charge on any atom is -0.354 e. The summed E-state index contributed by atoms with van der Waals surface area (Å²) in [5.74, 6) is 0.156. The van der Waals surface area contributed by atoms with Crippen LogP contribution < -0.4 is 4.90 Å². The van der Waals surface area contributed by atoms with Crippen molar-refractivity contribution >= 4 is 17.7 Å². The minimum atomic E-state index is -4.42. The highest BCUT2D eigenvalue weighted by molar-refractivity contribution is 6.03. The van der Waals surface area contributed by atoms with Gasteiger partial charge in [-0.2, -0.15) is 13.2 Å². The highest BCUT2D eigenvalue weighted by atomic mass is 19.4. The van der Waals surface area contributed by atoms with E-state index in [4.69, 9.17) is 0 Å². The first-order chi connectivity index (χ1) is 14.2. The predicted molar refractivity (Wildman–Crippen MR) is 110 cm³/mol. The highest BCUT2D eigenvalue weighted by Gasteiger charge is 2.36. The zero-order chi connectivity index (χ0) is 21.5. The molecule has 0 saturated carbocycles. The van der Waals surface area contributed by atoms with Crippen LogP contribution in [-0.2, 0) is 17.4 Å². The van der Waals surface area contributed by atoms with Crippen LogP contribution in [0, 0.1) is 0 Å². The summed E-state index contributed by atoms with van der Waals surface area (Å²) in [6, 6.07) is 8.75. The van der Waals surface area contributed by atoms with Crippen LogP contribution in [0.3, 0.4) is 0 Å². The van der Waals surface area contributed by atoms with Crippen LogP contribution in [-0.4, -0.2) is 41.8 Å². The van der Waals surface area contributed by atoms with Crippen LogP contribution in [0.15, 0.2) is 42.1 Å². The van der Waals surface area contributed by atoms with Crippen molar-refractivity contribution in [2.45, 2.75) is 32.5 Å². The number of hydrogen-bond donors (Lipinski definition) is 0. The van der Waals surface area contributed by atoms with Crippen molar-refractivity contribution in [3.8, 4) is 0 Å². The summed E-state index contributed by atoms with van der Waals surface area (Å²) >= 11 is 0. The fraction of sp³-hybridized carbons (Fsp3) is 0.391. The number of anilines is 1. The predicted octanol–water partition coefficient (Wildman–Crippen LogP) is 4.51. The number of alkyl halides is 3. The largest absolute Gasteiger partial charge is 0.419 e. The third kappa shape index (κ3) is 3.99. The van der Waals surface area contributed by atoms with Crippen LogP contribution in [0.5, 0.6) is 0 Å². The average molecular weight is 415 g/mol. The first-order valence-electron chi connectivity index (χ1n) is 10.1. The second-order valence-corrected chi connectivity index (χ2v) is 7.96. The van der Waals surface area contributed by atoms with Gasteiger partial charge in [0.15, 0.2) is 5.78 Å². The molecule has 1 atom stereocenters. The molecule has 7 heteroatoms. The van der Waals surface area contributed by atoms with Crippen molar-refractivity contribution in [1.29, 1.82) is 0 Å². The molecule has 4 rings (SSSR count). The Hall–Kier alpha value is -2.67. The monoisotopic (exact) mass is 415 g/mol. The van der Waals surface area contributed by atoms with Crippen LogP contribution in [0.1, 0.15) is 42.1 Å². The van der Waals surface area contributed by atoms with Gasteiger partial charge in [0.2, 0.25) is 0 Å². The maximum absolute atomic E-state index is 13.3. The SMILES string of the molecule is CC1=Cc2ccc(C(C)N3CCN(c4ncccc4C(F)(F)F)CC3)cc2CC1=O. The van der Waals surface area contributed by atoms with E-state index in [0.717, 1.165) is 28.3 Å². The number of halogens is 3. The van der Waals surface area contributed by atoms with Crippen LogP contribution in [0.25, 0.3) is 6.08 Å². The third-order valence-corrected chi connectivity index (χ3v) is 6.07. The quantitative estimate of drug-likeness (QED) is 0.739. The normalized spacial score (nSPS) is 18.8. The summed E-state index contributed by atoms with van der Waals surface area (Å²) in [6.07, 6.45) is -0.656. The number of benzene rings is 1. The summed E-state index contributed by atoms with van der Waals surface area (Å²) in [5, 5.41) is 0. The molecule has 1 aliphatic heterocycles. The van der Waals surface area contributed by atoms with E-state index in [0.29, 0.717) is 32.6 Å². The second-order valence-electron chi connectivity index (χ2n) is 7.96. The molecule has 158 valence electrons. The topological polar surface area (TPSA) is 36.4 Å². The maximum Gasteiger partial charge on any atom is 0.419 e. The summed E-state index contributed by atoms with van der Waals surface area (Å²) in [4.78, 5) is 20.0. The van der Waals surface area contributed by atoms with Gasteiger partial charge in [-0.3, -0.25) is 9.69 Å². The van der Waals surface area contributed by atoms with E-state index in [-0.39, 0.29) is 17.6 Å². The molecule has 1 fully saturated rings. The molecule has 1 aliphatic carbocycles. The van der Waals surface area contributed by atoms with Crippen LogP contribution in [0.4, 0.5) is 19.0 Å². The van der Waals surface area contributed by atoms with E-state index in [1.165, 1.54) is 12.3 Å². The zero-order valence-electron chi connectivity index (χ0n) is 17.0. The molecule has 1 saturated heterocycles. The first-order valence-corrected chi connectivity index (χ1v) is 10.1. The van der Waals surface area contributed by atoms with Gasteiger partial charge in [-0.25, -0.2) is 4.98 Å². The van der Waals surface area contributed by atoms with Gasteiger partial charge in [0, 0.05) is 44.8 Å². The Bertz CT molecular complexity index is 991. The van der Waals surface area contributed by atoms with Gasteiger partial charge in [-0.1, -0.05) is 18.2 Å². The van der Waals surface area contributed by atoms with Gasteiger partial charge in [0.25, 0.3) is 0 Å². The molecule has 2 heterocycles. The highest BCUT2D eigenvalue weighted by Crippen LogP contribution is 2.36. The number of ketones is 1. The van der Waals surface area contributed by atoms with Crippen molar-refractivity contribution in [1.82, 2.24) is 9.88 Å². The van der Waals surface area contributed by atoms with Gasteiger partial charge in [0.05, 0.1) is 5.56 Å². The molecule has 0 bridgehead atoms. The number of aromatic nitrogens is 1. The number of piperazine rings is 1. The van der Waals surface area contributed by atoms with Crippen molar-refractivity contribution in [2.24, 2.45) is 0 Å². The van der Waals surface area contributed by atoms with E-state index >= 15 is 0 Å². The number of pyridine rings is 1. The van der Waals surface area contributed by atoms with Gasteiger partial charge < -0.3 is 4.90 Å². The van der Waals surface area contributed by atoms with Gasteiger partial charge >= 0.3 is 6.18 Å². The zero-order valence-corrected chi connectivity index (χ0v) is 17.0. The van der Waals surface area contributed by atoms with Gasteiger partial charge in [-0.15, -0.1) is 0 Å². The Morgan fingerprint density at radius 1 is 1.10 bits per heavy atom. The lowest BCUT2D eigenvalue weighted by Crippen LogP contribution is -2.48. The molecule has 1 unspecified atom stereocenters. The van der Waals surface area contributed by atoms with E-state index in [1.807, 2.05) is 13.0 Å². The molecule has 0 N–H and O–H groups in total. The van der Waals surface area contributed by atoms with Crippen molar-refractivity contribution in [3.63, 3.8) is 0 Å². The minimum absolute atomic E-state index is 0.00625. The number of allylic oxidation sites excluding steroid dienone is 1.